The van der Waals surface area contributed by atoms with E-state index >= 15 is 0 Å². The van der Waals surface area contributed by atoms with E-state index in [1.165, 1.54) is 15.4 Å². The van der Waals surface area contributed by atoms with Gasteiger partial charge in [-0.15, -0.1) is 11.8 Å². The summed E-state index contributed by atoms with van der Waals surface area (Å²) in [5.41, 5.74) is 1.17. The molecular weight excluding hydrogens is 356 g/mol. The van der Waals surface area contributed by atoms with Crippen LogP contribution in [0, 0.1) is 0 Å². The molecule has 0 saturated carbocycles. The molecule has 0 aliphatic rings. The number of hydrogen-bond acceptors (Lipinski definition) is 4. The average molecular weight is 379 g/mol. The molecule has 4 nitrogen and oxygen atoms in total. The number of ether oxygens (including phenoxy) is 1. The first-order chi connectivity index (χ1) is 12.0. The van der Waals surface area contributed by atoms with E-state index in [1.807, 2.05) is 67.3 Å². The van der Waals surface area contributed by atoms with Crippen LogP contribution in [0.1, 0.15) is 18.0 Å². The molecule has 1 N–H and O–H groups in total. The molecule has 0 spiro atoms. The lowest BCUT2D eigenvalue weighted by Gasteiger charge is -2.17. The summed E-state index contributed by atoms with van der Waals surface area (Å²) in [7, 11) is 5.27. The number of carbonyl (C=O) groups is 1. The Morgan fingerprint density at radius 3 is 2.36 bits per heavy atom. The molecule has 6 heteroatoms. The summed E-state index contributed by atoms with van der Waals surface area (Å²) in [6.07, 6.45) is 0.609. The molecule has 0 fully saturated rings. The standard InChI is InChI=1S/C19H23ClN2O2S/c1-21-18(12-13-25-17-10-6-15(20)7-11-17)14-4-8-16(9-5-14)24-19(23)22(2)3/h4-11,18,21H,12-13H2,1-3H3. The maximum Gasteiger partial charge on any atom is 0.414 e. The van der Waals surface area contributed by atoms with Gasteiger partial charge in [0.25, 0.3) is 0 Å². The van der Waals surface area contributed by atoms with E-state index in [1.54, 1.807) is 14.1 Å². The monoisotopic (exact) mass is 378 g/mol. The number of carbonyl (C=O) groups excluding carboxylic acids is 1. The predicted octanol–water partition coefficient (Wildman–Crippen LogP) is 4.84. The van der Waals surface area contributed by atoms with Gasteiger partial charge in [0.05, 0.1) is 0 Å². The topological polar surface area (TPSA) is 41.6 Å². The lowest BCUT2D eigenvalue weighted by atomic mass is 10.0. The van der Waals surface area contributed by atoms with Crippen LogP contribution in [0.25, 0.3) is 0 Å². The summed E-state index contributed by atoms with van der Waals surface area (Å²) in [6, 6.07) is 15.8. The highest BCUT2D eigenvalue weighted by molar-refractivity contribution is 7.99. The van der Waals surface area contributed by atoms with Crippen molar-refractivity contribution in [1.29, 1.82) is 0 Å². The molecule has 0 saturated heterocycles. The highest BCUT2D eigenvalue weighted by Gasteiger charge is 2.11. The fraction of sp³-hybridized carbons (Fsp3) is 0.316. The van der Waals surface area contributed by atoms with Crippen molar-refractivity contribution in [1.82, 2.24) is 10.2 Å². The number of hydrogen-bond donors (Lipinski definition) is 1. The van der Waals surface area contributed by atoms with Crippen molar-refractivity contribution in [2.24, 2.45) is 0 Å². The molecule has 0 heterocycles. The first-order valence-electron chi connectivity index (χ1n) is 8.04. The fourth-order valence-electron chi connectivity index (χ4n) is 2.26. The number of amides is 1. The molecule has 2 rings (SSSR count). The number of benzene rings is 2. The lowest BCUT2D eigenvalue weighted by Crippen LogP contribution is -2.25. The number of halogens is 1. The van der Waals surface area contributed by atoms with E-state index in [0.717, 1.165) is 17.2 Å². The molecule has 2 aromatic carbocycles. The summed E-state index contributed by atoms with van der Waals surface area (Å²) in [5.74, 6) is 1.54. The van der Waals surface area contributed by atoms with Gasteiger partial charge in [0.15, 0.2) is 0 Å². The third kappa shape index (κ3) is 6.27. The molecule has 25 heavy (non-hydrogen) atoms. The van der Waals surface area contributed by atoms with E-state index in [9.17, 15) is 4.79 Å². The van der Waals surface area contributed by atoms with Crippen LogP contribution < -0.4 is 10.1 Å². The van der Waals surface area contributed by atoms with E-state index in [-0.39, 0.29) is 12.1 Å². The Labute approximate surface area is 158 Å². The van der Waals surface area contributed by atoms with Gasteiger partial charge in [-0.1, -0.05) is 23.7 Å². The Hall–Kier alpha value is -1.69. The molecule has 2 aromatic rings. The minimum absolute atomic E-state index is 0.249. The number of nitrogens with zero attached hydrogens (tertiary/aromatic N) is 1. The number of thioether (sulfide) groups is 1. The van der Waals surface area contributed by atoms with Crippen LogP contribution in [0.3, 0.4) is 0 Å². The van der Waals surface area contributed by atoms with Crippen molar-refractivity contribution in [2.45, 2.75) is 17.4 Å². The minimum atomic E-state index is -0.378. The van der Waals surface area contributed by atoms with Crippen LogP contribution in [0.15, 0.2) is 53.4 Å². The second-order valence-corrected chi connectivity index (χ2v) is 7.37. The van der Waals surface area contributed by atoms with Crippen LogP contribution in [0.2, 0.25) is 5.02 Å². The molecule has 0 aliphatic heterocycles. The first kappa shape index (κ1) is 19.6. The third-order valence-corrected chi connectivity index (χ3v) is 4.99. The van der Waals surface area contributed by atoms with E-state index < -0.39 is 0 Å². The van der Waals surface area contributed by atoms with Crippen LogP contribution in [0.4, 0.5) is 4.79 Å². The van der Waals surface area contributed by atoms with E-state index in [0.29, 0.717) is 5.75 Å². The quantitative estimate of drug-likeness (QED) is 0.700. The zero-order valence-corrected chi connectivity index (χ0v) is 16.2. The van der Waals surface area contributed by atoms with Crippen molar-refractivity contribution in [3.8, 4) is 5.75 Å². The smallest absolute Gasteiger partial charge is 0.410 e. The Bertz CT molecular complexity index is 675. The number of nitrogens with one attached hydrogen (secondary N) is 1. The van der Waals surface area contributed by atoms with Gasteiger partial charge in [0.1, 0.15) is 5.75 Å². The van der Waals surface area contributed by atoms with Gasteiger partial charge < -0.3 is 15.0 Å². The largest absolute Gasteiger partial charge is 0.414 e. The van der Waals surface area contributed by atoms with E-state index in [4.69, 9.17) is 16.3 Å². The molecule has 1 atom stereocenters. The zero-order chi connectivity index (χ0) is 18.2. The normalized spacial score (nSPS) is 11.8. The van der Waals surface area contributed by atoms with Gasteiger partial charge in [0, 0.05) is 30.1 Å². The summed E-state index contributed by atoms with van der Waals surface area (Å²) in [6.45, 7) is 0. The summed E-state index contributed by atoms with van der Waals surface area (Å²) >= 11 is 7.72. The summed E-state index contributed by atoms with van der Waals surface area (Å²) in [5, 5.41) is 4.10. The zero-order valence-electron chi connectivity index (χ0n) is 14.7. The molecule has 1 unspecified atom stereocenters. The highest BCUT2D eigenvalue weighted by atomic mass is 35.5. The van der Waals surface area contributed by atoms with Crippen LogP contribution in [-0.2, 0) is 0 Å². The summed E-state index contributed by atoms with van der Waals surface area (Å²) < 4.78 is 5.24. The average Bonchev–Trinajstić information content (AvgIpc) is 2.61. The van der Waals surface area contributed by atoms with Gasteiger partial charge in [-0.2, -0.15) is 0 Å². The maximum atomic E-state index is 11.6. The predicted molar refractivity (Wildman–Crippen MR) is 105 cm³/mol. The maximum absolute atomic E-state index is 11.6. The molecule has 0 aromatic heterocycles. The lowest BCUT2D eigenvalue weighted by molar-refractivity contribution is 0.172. The third-order valence-electron chi connectivity index (χ3n) is 3.69. The van der Waals surface area contributed by atoms with Crippen molar-refractivity contribution in [3.63, 3.8) is 0 Å². The van der Waals surface area contributed by atoms with Crippen LogP contribution >= 0.6 is 23.4 Å². The second-order valence-electron chi connectivity index (χ2n) is 5.76. The van der Waals surface area contributed by atoms with Gasteiger partial charge in [-0.3, -0.25) is 0 Å². The Balaban J connectivity index is 1.89. The van der Waals surface area contributed by atoms with Crippen molar-refractivity contribution in [3.05, 3.63) is 59.1 Å². The molecule has 0 aliphatic carbocycles. The van der Waals surface area contributed by atoms with Crippen LogP contribution in [0.5, 0.6) is 5.75 Å². The number of rotatable bonds is 7. The van der Waals surface area contributed by atoms with Gasteiger partial charge in [-0.05, 0) is 61.2 Å². The molecule has 0 bridgehead atoms. The first-order valence-corrected chi connectivity index (χ1v) is 9.40. The van der Waals surface area contributed by atoms with E-state index in [2.05, 4.69) is 5.32 Å². The highest BCUT2D eigenvalue weighted by Crippen LogP contribution is 2.26. The van der Waals surface area contributed by atoms with Crippen LogP contribution in [-0.4, -0.2) is 37.9 Å². The molecule has 134 valence electrons. The van der Waals surface area contributed by atoms with Gasteiger partial charge >= 0.3 is 6.09 Å². The molecule has 0 radical (unpaired) electrons. The van der Waals surface area contributed by atoms with Crippen molar-refractivity contribution in [2.75, 3.05) is 26.9 Å². The Kier molecular flexibility index (Phi) is 7.62. The van der Waals surface area contributed by atoms with Crippen molar-refractivity contribution >= 4 is 29.5 Å². The molecular formula is C19H23ClN2O2S. The SMILES string of the molecule is CNC(CCSc1ccc(Cl)cc1)c1ccc(OC(=O)N(C)C)cc1. The second kappa shape index (κ2) is 9.70. The Morgan fingerprint density at radius 1 is 1.16 bits per heavy atom. The minimum Gasteiger partial charge on any atom is -0.410 e. The van der Waals surface area contributed by atoms with Crippen molar-refractivity contribution < 1.29 is 9.53 Å². The molecule has 1 amide bonds. The summed E-state index contributed by atoms with van der Waals surface area (Å²) in [4.78, 5) is 14.2. The fourth-order valence-corrected chi connectivity index (χ4v) is 3.31. The Morgan fingerprint density at radius 2 is 1.80 bits per heavy atom. The van der Waals surface area contributed by atoms with Gasteiger partial charge in [0.2, 0.25) is 0 Å². The van der Waals surface area contributed by atoms with Gasteiger partial charge in [-0.25, -0.2) is 4.79 Å².